The highest BCUT2D eigenvalue weighted by molar-refractivity contribution is 6.07. The van der Waals surface area contributed by atoms with E-state index in [1.807, 2.05) is 13.8 Å². The molecule has 0 aromatic rings. The minimum absolute atomic E-state index is 0.0219. The Morgan fingerprint density at radius 2 is 1.86 bits per heavy atom. The predicted molar refractivity (Wildman–Crippen MR) is 80.9 cm³/mol. The van der Waals surface area contributed by atoms with Crippen LogP contribution in [0.25, 0.3) is 0 Å². The van der Waals surface area contributed by atoms with Gasteiger partial charge in [0.05, 0.1) is 13.1 Å². The van der Waals surface area contributed by atoms with Crippen molar-refractivity contribution in [2.24, 2.45) is 11.3 Å². The number of allylic oxidation sites excluding steroid dienone is 1. The van der Waals surface area contributed by atoms with Crippen LogP contribution in [0.1, 0.15) is 26.7 Å². The standard InChI is InChI=1S/C16H27N3O2/c1-12(18-6-9-19-7-4-17-5-8-19)15-13(20)10-16(2,3)11-14(15)21/h15,17-18H,1,4-11H2,2-3H3/p+2. The molecule has 0 amide bonds. The van der Waals surface area contributed by atoms with Gasteiger partial charge in [-0.05, 0) is 5.41 Å². The summed E-state index contributed by atoms with van der Waals surface area (Å²) < 4.78 is 0. The molecule has 1 saturated carbocycles. The second-order valence-corrected chi connectivity index (χ2v) is 7.20. The van der Waals surface area contributed by atoms with E-state index in [-0.39, 0.29) is 17.0 Å². The largest absolute Gasteiger partial charge is 0.382 e. The van der Waals surface area contributed by atoms with Gasteiger partial charge in [-0.15, -0.1) is 0 Å². The Morgan fingerprint density at radius 3 is 2.43 bits per heavy atom. The maximum absolute atomic E-state index is 12.2. The second-order valence-electron chi connectivity index (χ2n) is 7.20. The molecule has 1 heterocycles. The molecule has 0 aromatic heterocycles. The first-order valence-corrected chi connectivity index (χ1v) is 8.02. The van der Waals surface area contributed by atoms with E-state index in [1.54, 1.807) is 4.90 Å². The first kappa shape index (κ1) is 16.2. The minimum atomic E-state index is -0.622. The fourth-order valence-corrected chi connectivity index (χ4v) is 3.41. The fourth-order valence-electron chi connectivity index (χ4n) is 3.41. The van der Waals surface area contributed by atoms with Crippen LogP contribution in [0.3, 0.4) is 0 Å². The molecule has 0 radical (unpaired) electrons. The van der Waals surface area contributed by atoms with Gasteiger partial charge in [0, 0.05) is 18.5 Å². The van der Waals surface area contributed by atoms with Crippen LogP contribution in [-0.2, 0) is 9.59 Å². The molecule has 5 heteroatoms. The van der Waals surface area contributed by atoms with Gasteiger partial charge in [-0.25, -0.2) is 0 Å². The summed E-state index contributed by atoms with van der Waals surface area (Å²) in [4.78, 5) is 26.0. The number of carbonyl (C=O) groups is 2. The third-order valence-electron chi connectivity index (χ3n) is 4.53. The average Bonchev–Trinajstić information content (AvgIpc) is 2.37. The Balaban J connectivity index is 1.80. The van der Waals surface area contributed by atoms with E-state index in [1.165, 1.54) is 26.2 Å². The topological polar surface area (TPSA) is 67.2 Å². The summed E-state index contributed by atoms with van der Waals surface area (Å²) in [5.41, 5.74) is 0.405. The zero-order valence-electron chi connectivity index (χ0n) is 13.3. The van der Waals surface area contributed by atoms with Crippen molar-refractivity contribution in [3.8, 4) is 0 Å². The van der Waals surface area contributed by atoms with Crippen molar-refractivity contribution >= 4 is 11.6 Å². The molecule has 2 aliphatic rings. The molecule has 0 atom stereocenters. The van der Waals surface area contributed by atoms with Crippen LogP contribution in [0.5, 0.6) is 0 Å². The third-order valence-corrected chi connectivity index (χ3v) is 4.53. The van der Waals surface area contributed by atoms with Gasteiger partial charge in [0.15, 0.2) is 0 Å². The molecule has 0 unspecified atom stereocenters. The Labute approximate surface area is 127 Å². The van der Waals surface area contributed by atoms with Crippen LogP contribution in [0.2, 0.25) is 0 Å². The van der Waals surface area contributed by atoms with Crippen molar-refractivity contribution in [1.82, 2.24) is 5.32 Å². The zero-order valence-corrected chi connectivity index (χ0v) is 13.3. The number of Topliss-reactive ketones (excluding diaryl/α,β-unsaturated/α-hetero) is 2. The highest BCUT2D eigenvalue weighted by Crippen LogP contribution is 2.35. The SMILES string of the molecule is C=C(NCC[NH+]1CC[NH2+]CC1)C1C(=O)CC(C)(C)CC1=O. The number of hydrogen-bond acceptors (Lipinski definition) is 3. The van der Waals surface area contributed by atoms with E-state index in [0.29, 0.717) is 18.5 Å². The number of nitrogens with one attached hydrogen (secondary N) is 2. The van der Waals surface area contributed by atoms with Gasteiger partial charge in [-0.2, -0.15) is 0 Å². The van der Waals surface area contributed by atoms with E-state index in [9.17, 15) is 9.59 Å². The van der Waals surface area contributed by atoms with Gasteiger partial charge in [0.1, 0.15) is 43.7 Å². The van der Waals surface area contributed by atoms with Gasteiger partial charge in [-0.3, -0.25) is 9.59 Å². The maximum Gasteiger partial charge on any atom is 0.149 e. The van der Waals surface area contributed by atoms with Crippen molar-refractivity contribution in [2.75, 3.05) is 39.3 Å². The lowest BCUT2D eigenvalue weighted by atomic mass is 9.71. The van der Waals surface area contributed by atoms with Crippen molar-refractivity contribution in [3.05, 3.63) is 12.3 Å². The number of nitrogens with two attached hydrogens (primary N) is 1. The number of ketones is 2. The summed E-state index contributed by atoms with van der Waals surface area (Å²) >= 11 is 0. The quantitative estimate of drug-likeness (QED) is 0.521. The average molecular weight is 295 g/mol. The van der Waals surface area contributed by atoms with Crippen LogP contribution in [0, 0.1) is 11.3 Å². The Kier molecular flexibility index (Phi) is 5.17. The summed E-state index contributed by atoms with van der Waals surface area (Å²) in [6.45, 7) is 14.4. The van der Waals surface area contributed by atoms with Crippen molar-refractivity contribution in [2.45, 2.75) is 26.7 Å². The zero-order chi connectivity index (χ0) is 15.5. The minimum Gasteiger partial charge on any atom is -0.382 e. The molecule has 5 nitrogen and oxygen atoms in total. The number of rotatable bonds is 5. The van der Waals surface area contributed by atoms with Gasteiger partial charge in [-0.1, -0.05) is 20.4 Å². The summed E-state index contributed by atoms with van der Waals surface area (Å²) in [5.74, 6) is -0.579. The highest BCUT2D eigenvalue weighted by atomic mass is 16.2. The van der Waals surface area contributed by atoms with Gasteiger partial charge >= 0.3 is 0 Å². The van der Waals surface area contributed by atoms with E-state index in [2.05, 4.69) is 17.2 Å². The highest BCUT2D eigenvalue weighted by Gasteiger charge is 2.40. The van der Waals surface area contributed by atoms with Crippen molar-refractivity contribution < 1.29 is 19.8 Å². The summed E-state index contributed by atoms with van der Waals surface area (Å²) in [6, 6.07) is 0. The van der Waals surface area contributed by atoms with E-state index in [0.717, 1.165) is 13.1 Å². The fraction of sp³-hybridized carbons (Fsp3) is 0.750. The molecule has 1 saturated heterocycles. The molecule has 2 rings (SSSR count). The lowest BCUT2D eigenvalue weighted by molar-refractivity contribution is -0.945. The van der Waals surface area contributed by atoms with Crippen molar-refractivity contribution in [1.29, 1.82) is 0 Å². The molecule has 0 spiro atoms. The maximum atomic E-state index is 12.2. The molecule has 118 valence electrons. The monoisotopic (exact) mass is 295 g/mol. The van der Waals surface area contributed by atoms with Crippen LogP contribution < -0.4 is 15.5 Å². The van der Waals surface area contributed by atoms with E-state index < -0.39 is 5.92 Å². The first-order chi connectivity index (χ1) is 9.89. The molecule has 1 aliphatic heterocycles. The normalized spacial score (nSPS) is 24.1. The number of carbonyl (C=O) groups excluding carboxylic acids is 2. The smallest absolute Gasteiger partial charge is 0.149 e. The Morgan fingerprint density at radius 1 is 1.29 bits per heavy atom. The third kappa shape index (κ3) is 4.38. The molecular weight excluding hydrogens is 266 g/mol. The molecule has 0 bridgehead atoms. The molecule has 0 aromatic carbocycles. The van der Waals surface area contributed by atoms with E-state index in [4.69, 9.17) is 0 Å². The molecule has 1 aliphatic carbocycles. The molecule has 2 fully saturated rings. The van der Waals surface area contributed by atoms with Crippen LogP contribution in [0.4, 0.5) is 0 Å². The summed E-state index contributed by atoms with van der Waals surface area (Å²) in [6.07, 6.45) is 0.939. The lowest BCUT2D eigenvalue weighted by Gasteiger charge is -2.33. The number of hydrogen-bond donors (Lipinski definition) is 3. The Bertz CT molecular complexity index is 405. The Hall–Kier alpha value is -1.20. The van der Waals surface area contributed by atoms with E-state index >= 15 is 0 Å². The van der Waals surface area contributed by atoms with Gasteiger partial charge in [0.25, 0.3) is 0 Å². The number of piperazine rings is 1. The predicted octanol–water partition coefficient (Wildman–Crippen LogP) is -1.87. The molecule has 21 heavy (non-hydrogen) atoms. The second kappa shape index (κ2) is 6.71. The molecule has 4 N–H and O–H groups in total. The van der Waals surface area contributed by atoms with Gasteiger partial charge in [0.2, 0.25) is 0 Å². The summed E-state index contributed by atoms with van der Waals surface area (Å²) in [7, 11) is 0. The van der Waals surface area contributed by atoms with Crippen LogP contribution >= 0.6 is 0 Å². The number of quaternary nitrogens is 2. The van der Waals surface area contributed by atoms with Crippen LogP contribution in [-0.4, -0.2) is 50.8 Å². The first-order valence-electron chi connectivity index (χ1n) is 8.02. The molecular formula is C16H29N3O2+2. The summed E-state index contributed by atoms with van der Waals surface area (Å²) in [5, 5.41) is 5.56. The van der Waals surface area contributed by atoms with Crippen LogP contribution in [0.15, 0.2) is 12.3 Å². The van der Waals surface area contributed by atoms with Gasteiger partial charge < -0.3 is 15.5 Å². The van der Waals surface area contributed by atoms with Crippen molar-refractivity contribution in [3.63, 3.8) is 0 Å². The lowest BCUT2D eigenvalue weighted by Crippen LogP contribution is -3.20.